The van der Waals surface area contributed by atoms with Crippen LogP contribution in [-0.2, 0) is 41.6 Å². The van der Waals surface area contributed by atoms with Crippen molar-refractivity contribution < 1.29 is 28.8 Å². The van der Waals surface area contributed by atoms with Crippen LogP contribution in [0.2, 0.25) is 0 Å². The minimum Gasteiger partial charge on any atom is -0.371 e. The van der Waals surface area contributed by atoms with Crippen LogP contribution < -0.4 is 48.7 Å². The van der Waals surface area contributed by atoms with Gasteiger partial charge in [0.15, 0.2) is 5.96 Å². The molecule has 4 rings (SSSR count). The summed E-state index contributed by atoms with van der Waals surface area (Å²) < 4.78 is 0. The molecule has 1 aliphatic rings. The van der Waals surface area contributed by atoms with Crippen molar-refractivity contribution in [3.8, 4) is 0 Å². The molecule has 0 spiro atoms. The van der Waals surface area contributed by atoms with Crippen molar-refractivity contribution >= 4 is 53.2 Å². The van der Waals surface area contributed by atoms with Crippen LogP contribution in [0.1, 0.15) is 86.7 Å². The largest absolute Gasteiger partial charge is 0.371 e. The average Bonchev–Trinajstić information content (AvgIpc) is 3.60. The Morgan fingerprint density at radius 3 is 2.13 bits per heavy atom. The van der Waals surface area contributed by atoms with Crippen molar-refractivity contribution in [1.82, 2.24) is 31.6 Å². The molecular weight excluding hydrogens is 803 g/mol. The van der Waals surface area contributed by atoms with Gasteiger partial charge in [-0.3, -0.25) is 33.8 Å². The molecule has 0 saturated carbocycles. The molecule has 0 bridgehead atoms. The van der Waals surface area contributed by atoms with E-state index >= 15 is 0 Å². The molecule has 2 aromatic carbocycles. The quantitative estimate of drug-likeness (QED) is 0.0382. The first-order valence-corrected chi connectivity index (χ1v) is 21.6. The molecule has 1 saturated heterocycles. The van der Waals surface area contributed by atoms with Gasteiger partial charge in [0.25, 0.3) is 0 Å². The normalized spacial score (nSPS) is 14.8. The van der Waals surface area contributed by atoms with Crippen LogP contribution in [0.3, 0.4) is 0 Å². The first kappa shape index (κ1) is 49.0. The lowest BCUT2D eigenvalue weighted by Gasteiger charge is -2.42. The highest BCUT2D eigenvalue weighted by atomic mass is 16.2. The first-order valence-electron chi connectivity index (χ1n) is 21.6. The molecule has 1 aliphatic heterocycles. The zero-order valence-electron chi connectivity index (χ0n) is 36.9. The number of aromatic amines is 1. The lowest BCUT2D eigenvalue weighted by Crippen LogP contribution is -2.66. The fraction of sp³-hybridized carbons (Fsp3) is 0.457. The number of anilines is 1. The molecular formula is C46H65N11O6. The Morgan fingerprint density at radius 1 is 0.841 bits per heavy atom. The highest BCUT2D eigenvalue weighted by molar-refractivity contribution is 5.97. The highest BCUT2D eigenvalue weighted by Gasteiger charge is 2.44. The summed E-state index contributed by atoms with van der Waals surface area (Å²) in [4.78, 5) is 91.3. The Morgan fingerprint density at radius 2 is 1.49 bits per heavy atom. The van der Waals surface area contributed by atoms with E-state index in [1.165, 1.54) is 0 Å². The van der Waals surface area contributed by atoms with Gasteiger partial charge in [-0.05, 0) is 81.7 Å². The molecule has 6 amide bonds. The zero-order valence-corrected chi connectivity index (χ0v) is 36.9. The summed E-state index contributed by atoms with van der Waals surface area (Å²) in [6, 6.07) is 13.7. The maximum atomic E-state index is 14.7. The molecule has 3 atom stereocenters. The van der Waals surface area contributed by atoms with Gasteiger partial charge in [0.05, 0.1) is 6.54 Å². The van der Waals surface area contributed by atoms with Gasteiger partial charge in [0.1, 0.15) is 23.7 Å². The smallest absolute Gasteiger partial charge is 0.246 e. The zero-order chi connectivity index (χ0) is 45.9. The number of aliphatic imine (C=N–C) groups is 1. The van der Waals surface area contributed by atoms with Gasteiger partial charge in [-0.1, -0.05) is 73.5 Å². The maximum absolute atomic E-state index is 14.7. The van der Waals surface area contributed by atoms with Crippen LogP contribution in [0.5, 0.6) is 0 Å². The molecule has 12 N–H and O–H groups in total. The topological polar surface area (TPSA) is 272 Å². The molecule has 1 fully saturated rings. The van der Waals surface area contributed by atoms with Crippen molar-refractivity contribution in [3.05, 3.63) is 94.8 Å². The third kappa shape index (κ3) is 15.0. The second kappa shape index (κ2) is 24.1. The molecule has 0 radical (unpaired) electrons. The number of nitrogens with one attached hydrogen (secondary N) is 6. The molecule has 3 aromatic rings. The van der Waals surface area contributed by atoms with Gasteiger partial charge in [0.2, 0.25) is 35.4 Å². The summed E-state index contributed by atoms with van der Waals surface area (Å²) in [5.74, 6) is -3.69. The van der Waals surface area contributed by atoms with Gasteiger partial charge in [-0.15, -0.1) is 0 Å². The Hall–Kier alpha value is -6.65. The number of amides is 6. The molecule has 1 aromatic heterocycles. The number of allylic oxidation sites excluding steroid dienone is 1. The Labute approximate surface area is 369 Å². The second-order valence-corrected chi connectivity index (χ2v) is 16.1. The van der Waals surface area contributed by atoms with E-state index in [0.717, 1.165) is 40.1 Å². The van der Waals surface area contributed by atoms with Crippen LogP contribution in [0.25, 0.3) is 6.08 Å². The minimum atomic E-state index is -1.31. The third-order valence-corrected chi connectivity index (χ3v) is 11.1. The number of rotatable bonds is 23. The Balaban J connectivity index is 1.64. The number of piperidine rings is 1. The summed E-state index contributed by atoms with van der Waals surface area (Å²) in [6.07, 6.45) is 8.16. The number of carbonyl (C=O) groups is 6. The van der Waals surface area contributed by atoms with Crippen LogP contribution in [0.15, 0.2) is 71.9 Å². The van der Waals surface area contributed by atoms with Gasteiger partial charge < -0.3 is 53.7 Å². The second-order valence-electron chi connectivity index (χ2n) is 16.1. The average molecular weight is 868 g/mol. The van der Waals surface area contributed by atoms with E-state index in [-0.39, 0.29) is 63.4 Å². The molecule has 340 valence electrons. The predicted molar refractivity (Wildman–Crippen MR) is 245 cm³/mol. The predicted octanol–water partition coefficient (Wildman–Crippen LogP) is 1.90. The number of aromatic nitrogens is 1. The fourth-order valence-corrected chi connectivity index (χ4v) is 7.54. The molecule has 17 nitrogen and oxygen atoms in total. The molecule has 2 unspecified atom stereocenters. The summed E-state index contributed by atoms with van der Waals surface area (Å²) >= 11 is 0. The number of primary amides is 1. The molecule has 0 aliphatic carbocycles. The number of unbranched alkanes of at least 4 members (excludes halogenated alkanes) is 1. The number of nitrogens with two attached hydrogens (primary N) is 3. The van der Waals surface area contributed by atoms with E-state index in [9.17, 15) is 28.8 Å². The van der Waals surface area contributed by atoms with E-state index in [2.05, 4.69) is 41.5 Å². The first-order chi connectivity index (χ1) is 30.1. The van der Waals surface area contributed by atoms with E-state index in [1.54, 1.807) is 6.20 Å². The van der Waals surface area contributed by atoms with Crippen LogP contribution >= 0.6 is 0 Å². The minimum absolute atomic E-state index is 0.0368. The van der Waals surface area contributed by atoms with Gasteiger partial charge in [-0.2, -0.15) is 0 Å². The number of nitrogens with zero attached hydrogens (tertiary/aromatic N) is 2. The Kier molecular flexibility index (Phi) is 18.8. The van der Waals surface area contributed by atoms with Crippen LogP contribution in [0, 0.1) is 13.8 Å². The van der Waals surface area contributed by atoms with Crippen molar-refractivity contribution in [2.75, 3.05) is 31.1 Å². The third-order valence-electron chi connectivity index (χ3n) is 11.1. The fourth-order valence-electron chi connectivity index (χ4n) is 7.54. The van der Waals surface area contributed by atoms with Crippen LogP contribution in [-0.4, -0.2) is 96.2 Å². The maximum Gasteiger partial charge on any atom is 0.246 e. The lowest BCUT2D eigenvalue weighted by atomic mass is 9.85. The number of carbonyl (C=O) groups excluding carboxylic acids is 6. The van der Waals surface area contributed by atoms with Gasteiger partial charge in [0, 0.05) is 56.5 Å². The number of H-pyrrole nitrogens is 1. The van der Waals surface area contributed by atoms with E-state index in [4.69, 9.17) is 17.2 Å². The standard InChI is InChI=1S/C46H65N11O6/c1-5-7-16-40(59)56-46(21-24-57(25-22-46)34-19-17-30(3)18-20-34)44(63)55-37(26-32-13-9-8-10-14-32)43(62)53-36(15-11-23-50-45(48)49)42(61)54-38(41(60)52-29-39(47)58)27-33-28-51-31(4)35(33)12-6-2/h6,8-10,12-14,17-20,28,36-38,51H,5,7,11,15-16,21-27,29H2,1-4H3,(H2,47,58)(H,52,60)(H,53,62)(H,54,61)(H,55,63)(H,56,59)(H4,48,49,50)/b12-6-/t36?,37?,38-/m0/s1. The molecule has 17 heteroatoms. The number of hydrogen-bond acceptors (Lipinski definition) is 8. The van der Waals surface area contributed by atoms with E-state index in [0.29, 0.717) is 19.5 Å². The number of guanidine groups is 1. The lowest BCUT2D eigenvalue weighted by molar-refractivity contribution is -0.138. The number of benzene rings is 2. The van der Waals surface area contributed by atoms with Crippen molar-refractivity contribution in [2.24, 2.45) is 22.2 Å². The molecule has 2 heterocycles. The SMILES string of the molecule is C/C=C\c1c(C[C@H](NC(=O)C(CCCN=C(N)N)NC(=O)C(Cc2ccccc2)NC(=O)C2(NC(=O)CCCC)CCN(c3ccc(C)cc3)CC2)C(=O)NCC(N)=O)c[nH]c1C. The summed E-state index contributed by atoms with van der Waals surface area (Å²) in [5, 5.41) is 14.2. The number of hydrogen-bond donors (Lipinski definition) is 9. The number of aryl methyl sites for hydroxylation is 2. The Bertz CT molecular complexity index is 2070. The van der Waals surface area contributed by atoms with Crippen LogP contribution in [0.4, 0.5) is 5.69 Å². The van der Waals surface area contributed by atoms with Gasteiger partial charge in [-0.25, -0.2) is 0 Å². The summed E-state index contributed by atoms with van der Waals surface area (Å²) in [7, 11) is 0. The van der Waals surface area contributed by atoms with Crippen molar-refractivity contribution in [1.29, 1.82) is 0 Å². The summed E-state index contributed by atoms with van der Waals surface area (Å²) in [5.41, 5.74) is 20.4. The monoisotopic (exact) mass is 868 g/mol. The van der Waals surface area contributed by atoms with Crippen molar-refractivity contribution in [3.63, 3.8) is 0 Å². The highest BCUT2D eigenvalue weighted by Crippen LogP contribution is 2.28. The summed E-state index contributed by atoms with van der Waals surface area (Å²) in [6.45, 7) is 8.38. The van der Waals surface area contributed by atoms with Gasteiger partial charge >= 0.3 is 0 Å². The van der Waals surface area contributed by atoms with Crippen molar-refractivity contribution in [2.45, 2.75) is 109 Å². The molecule has 63 heavy (non-hydrogen) atoms. The van der Waals surface area contributed by atoms with E-state index in [1.807, 2.05) is 94.4 Å². The van der Waals surface area contributed by atoms with E-state index < -0.39 is 59.7 Å².